The first-order chi connectivity index (χ1) is 13.9. The SMILES string of the molecule is CC(C)(C1CCN(C(=O)NCC2CCC2)CC1)C(O)c1cc(Cl)cc2[nH]ncc12. The molecule has 2 aromatic rings. The number of halogens is 1. The maximum absolute atomic E-state index is 12.4. The molecule has 0 spiro atoms. The second kappa shape index (κ2) is 8.15. The highest BCUT2D eigenvalue weighted by atomic mass is 35.5. The van der Waals surface area contributed by atoms with Crippen LogP contribution in [0.3, 0.4) is 0 Å². The van der Waals surface area contributed by atoms with Gasteiger partial charge in [-0.2, -0.15) is 5.10 Å². The molecule has 1 atom stereocenters. The zero-order chi connectivity index (χ0) is 20.6. The maximum atomic E-state index is 12.4. The number of piperidine rings is 1. The Balaban J connectivity index is 1.40. The van der Waals surface area contributed by atoms with E-state index in [1.807, 2.05) is 17.0 Å². The van der Waals surface area contributed by atoms with Crippen LogP contribution in [0.2, 0.25) is 5.02 Å². The third-order valence-corrected chi connectivity index (χ3v) is 7.37. The van der Waals surface area contributed by atoms with Gasteiger partial charge in [0.05, 0.1) is 17.8 Å². The fourth-order valence-corrected chi connectivity index (χ4v) is 4.99. The van der Waals surface area contributed by atoms with Gasteiger partial charge in [0, 0.05) is 30.0 Å². The lowest BCUT2D eigenvalue weighted by atomic mass is 9.68. The van der Waals surface area contributed by atoms with E-state index in [9.17, 15) is 9.90 Å². The van der Waals surface area contributed by atoms with Gasteiger partial charge >= 0.3 is 6.03 Å². The monoisotopic (exact) mass is 418 g/mol. The number of nitrogens with zero attached hydrogens (tertiary/aromatic N) is 2. The Bertz CT molecular complexity index is 869. The van der Waals surface area contributed by atoms with Crippen LogP contribution in [0.1, 0.15) is 57.6 Å². The molecular formula is C22H31ClN4O2. The number of carbonyl (C=O) groups excluding carboxylic acids is 1. The smallest absolute Gasteiger partial charge is 0.317 e. The first-order valence-corrected chi connectivity index (χ1v) is 11.1. The summed E-state index contributed by atoms with van der Waals surface area (Å²) in [4.78, 5) is 14.4. The van der Waals surface area contributed by atoms with Gasteiger partial charge in [0.25, 0.3) is 0 Å². The fourth-order valence-electron chi connectivity index (χ4n) is 4.76. The molecule has 2 amide bonds. The summed E-state index contributed by atoms with van der Waals surface area (Å²) >= 11 is 6.27. The molecule has 1 unspecified atom stereocenters. The predicted molar refractivity (Wildman–Crippen MR) is 115 cm³/mol. The quantitative estimate of drug-likeness (QED) is 0.668. The highest BCUT2D eigenvalue weighted by Crippen LogP contribution is 2.46. The molecule has 1 aliphatic heterocycles. The summed E-state index contributed by atoms with van der Waals surface area (Å²) in [5, 5.41) is 22.9. The lowest BCUT2D eigenvalue weighted by molar-refractivity contribution is -0.0143. The van der Waals surface area contributed by atoms with Crippen LogP contribution >= 0.6 is 11.6 Å². The van der Waals surface area contributed by atoms with Gasteiger partial charge in [-0.3, -0.25) is 5.10 Å². The molecule has 6 nitrogen and oxygen atoms in total. The van der Waals surface area contributed by atoms with Crippen LogP contribution in [0.15, 0.2) is 18.3 Å². The number of hydrogen-bond acceptors (Lipinski definition) is 3. The second-order valence-electron chi connectivity index (χ2n) is 9.29. The first kappa shape index (κ1) is 20.5. The van der Waals surface area contributed by atoms with Gasteiger partial charge in [-0.1, -0.05) is 31.9 Å². The number of benzene rings is 1. The summed E-state index contributed by atoms with van der Waals surface area (Å²) < 4.78 is 0. The normalized spacial score (nSPS) is 19.9. The summed E-state index contributed by atoms with van der Waals surface area (Å²) in [6.45, 7) is 6.49. The van der Waals surface area contributed by atoms with E-state index in [1.54, 1.807) is 6.20 Å². The molecular weight excluding hydrogens is 388 g/mol. The van der Waals surface area contributed by atoms with Gasteiger partial charge in [-0.25, -0.2) is 4.79 Å². The zero-order valence-electron chi connectivity index (χ0n) is 17.2. The molecule has 3 N–H and O–H groups in total. The molecule has 1 aromatic heterocycles. The van der Waals surface area contributed by atoms with E-state index >= 15 is 0 Å². The highest BCUT2D eigenvalue weighted by molar-refractivity contribution is 6.31. The number of aliphatic hydroxyl groups excluding tert-OH is 1. The van der Waals surface area contributed by atoms with Crippen LogP contribution in [-0.2, 0) is 0 Å². The molecule has 1 saturated heterocycles. The van der Waals surface area contributed by atoms with Crippen molar-refractivity contribution in [1.82, 2.24) is 20.4 Å². The number of hydrogen-bond donors (Lipinski definition) is 3. The van der Waals surface area contributed by atoms with Crippen LogP contribution in [0.4, 0.5) is 4.79 Å². The molecule has 0 bridgehead atoms. The van der Waals surface area contributed by atoms with Gasteiger partial charge in [0.15, 0.2) is 0 Å². The number of aliphatic hydroxyl groups is 1. The van der Waals surface area contributed by atoms with E-state index in [1.165, 1.54) is 19.3 Å². The number of fused-ring (bicyclic) bond motifs is 1. The zero-order valence-corrected chi connectivity index (χ0v) is 18.0. The molecule has 0 radical (unpaired) electrons. The second-order valence-corrected chi connectivity index (χ2v) is 9.73. The van der Waals surface area contributed by atoms with Crippen molar-refractivity contribution in [3.63, 3.8) is 0 Å². The third-order valence-electron chi connectivity index (χ3n) is 7.16. The molecule has 2 heterocycles. The Morgan fingerprint density at radius 2 is 2.07 bits per heavy atom. The average molecular weight is 419 g/mol. The lowest BCUT2D eigenvalue weighted by Crippen LogP contribution is -2.48. The Hall–Kier alpha value is -1.79. The van der Waals surface area contributed by atoms with E-state index in [-0.39, 0.29) is 11.4 Å². The molecule has 158 valence electrons. The van der Waals surface area contributed by atoms with E-state index in [0.29, 0.717) is 16.9 Å². The number of carbonyl (C=O) groups is 1. The van der Waals surface area contributed by atoms with Crippen molar-refractivity contribution >= 4 is 28.5 Å². The van der Waals surface area contributed by atoms with Gasteiger partial charge < -0.3 is 15.3 Å². The predicted octanol–water partition coefficient (Wildman–Crippen LogP) is 4.50. The Morgan fingerprint density at radius 1 is 1.34 bits per heavy atom. The Kier molecular flexibility index (Phi) is 5.76. The van der Waals surface area contributed by atoms with Gasteiger partial charge in [-0.15, -0.1) is 0 Å². The fraction of sp³-hybridized carbons (Fsp3) is 0.636. The lowest BCUT2D eigenvalue weighted by Gasteiger charge is -2.43. The summed E-state index contributed by atoms with van der Waals surface area (Å²) in [7, 11) is 0. The van der Waals surface area contributed by atoms with Gasteiger partial charge in [0.1, 0.15) is 0 Å². The largest absolute Gasteiger partial charge is 0.388 e. The Morgan fingerprint density at radius 3 is 2.72 bits per heavy atom. The average Bonchev–Trinajstić information content (AvgIpc) is 3.13. The molecule has 29 heavy (non-hydrogen) atoms. The minimum Gasteiger partial charge on any atom is -0.388 e. The van der Waals surface area contributed by atoms with Crippen molar-refractivity contribution in [1.29, 1.82) is 0 Å². The van der Waals surface area contributed by atoms with Crippen LogP contribution in [-0.4, -0.2) is 45.9 Å². The van der Waals surface area contributed by atoms with Crippen LogP contribution in [0.25, 0.3) is 10.9 Å². The molecule has 4 rings (SSSR count). The van der Waals surface area contributed by atoms with Crippen molar-refractivity contribution in [3.8, 4) is 0 Å². The van der Waals surface area contributed by atoms with E-state index in [0.717, 1.165) is 48.9 Å². The Labute approximate surface area is 177 Å². The van der Waals surface area contributed by atoms with E-state index < -0.39 is 6.10 Å². The molecule has 1 aromatic carbocycles. The number of H-pyrrole nitrogens is 1. The molecule has 2 fully saturated rings. The van der Waals surface area contributed by atoms with Gasteiger partial charge in [-0.05, 0) is 60.6 Å². The number of aromatic nitrogens is 2. The number of aromatic amines is 1. The van der Waals surface area contributed by atoms with Crippen molar-refractivity contribution in [2.45, 2.75) is 52.1 Å². The molecule has 7 heteroatoms. The van der Waals surface area contributed by atoms with Gasteiger partial charge in [0.2, 0.25) is 0 Å². The summed E-state index contributed by atoms with van der Waals surface area (Å²) in [6.07, 6.45) is 6.62. The third kappa shape index (κ3) is 4.10. The summed E-state index contributed by atoms with van der Waals surface area (Å²) in [6, 6.07) is 3.73. The summed E-state index contributed by atoms with van der Waals surface area (Å²) in [5.41, 5.74) is 1.30. The number of urea groups is 1. The number of amides is 2. The molecule has 1 aliphatic carbocycles. The highest BCUT2D eigenvalue weighted by Gasteiger charge is 2.40. The minimum absolute atomic E-state index is 0.0589. The number of nitrogens with one attached hydrogen (secondary N) is 2. The van der Waals surface area contributed by atoms with Crippen molar-refractivity contribution in [2.75, 3.05) is 19.6 Å². The van der Waals surface area contributed by atoms with Crippen molar-refractivity contribution in [2.24, 2.45) is 17.3 Å². The van der Waals surface area contributed by atoms with E-state index in [2.05, 4.69) is 29.4 Å². The van der Waals surface area contributed by atoms with Crippen LogP contribution in [0.5, 0.6) is 0 Å². The van der Waals surface area contributed by atoms with Crippen molar-refractivity contribution < 1.29 is 9.90 Å². The number of likely N-dealkylation sites (tertiary alicyclic amines) is 1. The maximum Gasteiger partial charge on any atom is 0.317 e. The first-order valence-electron chi connectivity index (χ1n) is 10.7. The minimum atomic E-state index is -0.662. The van der Waals surface area contributed by atoms with Crippen molar-refractivity contribution in [3.05, 3.63) is 28.9 Å². The topological polar surface area (TPSA) is 81.3 Å². The molecule has 2 aliphatic rings. The molecule has 1 saturated carbocycles. The summed E-state index contributed by atoms with van der Waals surface area (Å²) in [5.74, 6) is 0.983. The van der Waals surface area contributed by atoms with Crippen LogP contribution < -0.4 is 5.32 Å². The number of rotatable bonds is 5. The van der Waals surface area contributed by atoms with E-state index in [4.69, 9.17) is 11.6 Å². The standard InChI is InChI=1S/C22H31ClN4O2/c1-22(2,20(28)17-10-16(23)11-19-18(17)13-25-26-19)15-6-8-27(9-7-15)21(29)24-12-14-4-3-5-14/h10-11,13-15,20,28H,3-9,12H2,1-2H3,(H,24,29)(H,25,26). The van der Waals surface area contributed by atoms with Crippen LogP contribution in [0, 0.1) is 17.3 Å².